The molecule has 0 aliphatic rings. The molecule has 140 valence electrons. The molecule has 3 N–H and O–H groups in total. The molecule has 3 aromatic rings. The standard InChI is InChI=1S/C17H16Cl2N6OS/c1-26-13-4-2-3-11(7-13)9-21-22-16-23-24-17(25(16)20)27-10-12-5-6-14(18)15(19)8-12/h2-9H,10,20H2,1H3,(H,22,23)/b21-9+. The first-order valence-corrected chi connectivity index (χ1v) is 9.51. The van der Waals surface area contributed by atoms with Crippen molar-refractivity contribution in [3.8, 4) is 5.75 Å². The highest BCUT2D eigenvalue weighted by Crippen LogP contribution is 2.27. The Balaban J connectivity index is 1.61. The fourth-order valence-corrected chi connectivity index (χ4v) is 3.24. The zero-order valence-corrected chi connectivity index (χ0v) is 16.6. The van der Waals surface area contributed by atoms with Crippen molar-refractivity contribution in [1.82, 2.24) is 14.9 Å². The number of nitrogens with zero attached hydrogens (tertiary/aromatic N) is 4. The Labute approximate surface area is 170 Å². The van der Waals surface area contributed by atoms with E-state index < -0.39 is 0 Å². The summed E-state index contributed by atoms with van der Waals surface area (Å²) in [6.07, 6.45) is 1.64. The van der Waals surface area contributed by atoms with Crippen LogP contribution in [0.15, 0.2) is 52.7 Å². The number of thioether (sulfide) groups is 1. The number of hydrogen-bond donors (Lipinski definition) is 2. The molecule has 0 saturated heterocycles. The van der Waals surface area contributed by atoms with E-state index in [0.717, 1.165) is 16.9 Å². The van der Waals surface area contributed by atoms with E-state index in [2.05, 4.69) is 20.7 Å². The predicted molar refractivity (Wildman–Crippen MR) is 110 cm³/mol. The third-order valence-electron chi connectivity index (χ3n) is 3.49. The van der Waals surface area contributed by atoms with E-state index >= 15 is 0 Å². The number of rotatable bonds is 7. The van der Waals surface area contributed by atoms with Crippen molar-refractivity contribution >= 4 is 47.1 Å². The topological polar surface area (TPSA) is 90.3 Å². The fraction of sp³-hybridized carbons (Fsp3) is 0.118. The second-order valence-electron chi connectivity index (χ2n) is 5.36. The Morgan fingerprint density at radius 1 is 1.22 bits per heavy atom. The van der Waals surface area contributed by atoms with Crippen LogP contribution in [0.1, 0.15) is 11.1 Å². The lowest BCUT2D eigenvalue weighted by Gasteiger charge is -2.04. The Kier molecular flexibility index (Phi) is 6.44. The molecule has 3 rings (SSSR count). The average Bonchev–Trinajstić information content (AvgIpc) is 3.03. The number of nitrogens with one attached hydrogen (secondary N) is 1. The highest BCUT2D eigenvalue weighted by molar-refractivity contribution is 7.98. The van der Waals surface area contributed by atoms with Crippen LogP contribution in [0.4, 0.5) is 5.95 Å². The lowest BCUT2D eigenvalue weighted by Crippen LogP contribution is -2.13. The second-order valence-corrected chi connectivity index (χ2v) is 7.12. The van der Waals surface area contributed by atoms with Crippen molar-refractivity contribution in [3.63, 3.8) is 0 Å². The van der Waals surface area contributed by atoms with Gasteiger partial charge in [-0.05, 0) is 35.4 Å². The lowest BCUT2D eigenvalue weighted by atomic mass is 10.2. The van der Waals surface area contributed by atoms with Gasteiger partial charge in [0.05, 0.1) is 23.4 Å². The number of hydrogen-bond acceptors (Lipinski definition) is 7. The van der Waals surface area contributed by atoms with Gasteiger partial charge in [-0.25, -0.2) is 10.1 Å². The van der Waals surface area contributed by atoms with Gasteiger partial charge in [0.15, 0.2) is 0 Å². The number of anilines is 1. The quantitative estimate of drug-likeness (QED) is 0.258. The van der Waals surface area contributed by atoms with Crippen LogP contribution in [-0.4, -0.2) is 28.2 Å². The Hall–Kier alpha value is -2.42. The number of hydrazone groups is 1. The first kappa shape index (κ1) is 19.3. The van der Waals surface area contributed by atoms with Gasteiger partial charge in [-0.2, -0.15) is 5.10 Å². The molecule has 0 aliphatic heterocycles. The number of nitrogen functional groups attached to an aromatic ring is 1. The second kappa shape index (κ2) is 8.98. The van der Waals surface area contributed by atoms with E-state index in [9.17, 15) is 0 Å². The molecule has 27 heavy (non-hydrogen) atoms. The third kappa shape index (κ3) is 5.06. The van der Waals surface area contributed by atoms with Crippen molar-refractivity contribution in [2.45, 2.75) is 10.9 Å². The molecule has 0 amide bonds. The van der Waals surface area contributed by atoms with Crippen LogP contribution in [0, 0.1) is 0 Å². The summed E-state index contributed by atoms with van der Waals surface area (Å²) in [7, 11) is 1.61. The van der Waals surface area contributed by atoms with Gasteiger partial charge in [-0.1, -0.05) is 53.2 Å². The van der Waals surface area contributed by atoms with Crippen LogP contribution in [0.3, 0.4) is 0 Å². The van der Waals surface area contributed by atoms with Gasteiger partial charge in [-0.3, -0.25) is 0 Å². The molecule has 0 unspecified atom stereocenters. The van der Waals surface area contributed by atoms with Crippen molar-refractivity contribution in [1.29, 1.82) is 0 Å². The lowest BCUT2D eigenvalue weighted by molar-refractivity contribution is 0.415. The van der Waals surface area contributed by atoms with Crippen LogP contribution in [0.5, 0.6) is 5.75 Å². The molecule has 1 aromatic heterocycles. The summed E-state index contributed by atoms with van der Waals surface area (Å²) < 4.78 is 6.51. The van der Waals surface area contributed by atoms with E-state index in [4.69, 9.17) is 33.8 Å². The van der Waals surface area contributed by atoms with Crippen molar-refractivity contribution in [2.24, 2.45) is 5.10 Å². The van der Waals surface area contributed by atoms with E-state index in [1.165, 1.54) is 16.4 Å². The van der Waals surface area contributed by atoms with Crippen molar-refractivity contribution in [3.05, 3.63) is 63.6 Å². The van der Waals surface area contributed by atoms with Gasteiger partial charge in [0.2, 0.25) is 5.16 Å². The van der Waals surface area contributed by atoms with E-state index in [1.807, 2.05) is 36.4 Å². The minimum atomic E-state index is 0.325. The van der Waals surface area contributed by atoms with E-state index in [1.54, 1.807) is 19.4 Å². The minimum absolute atomic E-state index is 0.325. The zero-order chi connectivity index (χ0) is 19.2. The first-order valence-electron chi connectivity index (χ1n) is 7.77. The molecule has 0 aliphatic carbocycles. The summed E-state index contributed by atoms with van der Waals surface area (Å²) in [4.78, 5) is 0. The Morgan fingerprint density at radius 2 is 2.07 bits per heavy atom. The maximum Gasteiger partial charge on any atom is 0.264 e. The monoisotopic (exact) mass is 422 g/mol. The van der Waals surface area contributed by atoms with Gasteiger partial charge in [0.1, 0.15) is 5.75 Å². The number of aromatic nitrogens is 3. The zero-order valence-electron chi connectivity index (χ0n) is 14.3. The number of nitrogens with two attached hydrogens (primary N) is 1. The molecular formula is C17H16Cl2N6OS. The number of methoxy groups -OCH3 is 1. The molecular weight excluding hydrogens is 407 g/mol. The third-order valence-corrected chi connectivity index (χ3v) is 5.24. The van der Waals surface area contributed by atoms with Gasteiger partial charge >= 0.3 is 0 Å². The minimum Gasteiger partial charge on any atom is -0.497 e. The average molecular weight is 423 g/mol. The molecule has 1 heterocycles. The normalized spacial score (nSPS) is 11.1. The smallest absolute Gasteiger partial charge is 0.264 e. The number of halogens is 2. The summed E-state index contributed by atoms with van der Waals surface area (Å²) in [5.74, 6) is 7.71. The molecule has 0 saturated carbocycles. The summed E-state index contributed by atoms with van der Waals surface area (Å²) in [5.41, 5.74) is 4.65. The van der Waals surface area contributed by atoms with E-state index in [0.29, 0.717) is 26.9 Å². The highest BCUT2D eigenvalue weighted by atomic mass is 35.5. The first-order chi connectivity index (χ1) is 13.1. The molecule has 10 heteroatoms. The summed E-state index contributed by atoms with van der Waals surface area (Å²) in [6, 6.07) is 13.0. The van der Waals surface area contributed by atoms with Crippen LogP contribution in [0.25, 0.3) is 0 Å². The Morgan fingerprint density at radius 3 is 2.85 bits per heavy atom. The molecule has 0 bridgehead atoms. The van der Waals surface area contributed by atoms with E-state index in [-0.39, 0.29) is 0 Å². The molecule has 0 fully saturated rings. The van der Waals surface area contributed by atoms with Gasteiger partial charge in [0.25, 0.3) is 5.95 Å². The Bertz CT molecular complexity index is 962. The van der Waals surface area contributed by atoms with Gasteiger partial charge < -0.3 is 10.6 Å². The highest BCUT2D eigenvalue weighted by Gasteiger charge is 2.10. The number of benzene rings is 2. The van der Waals surface area contributed by atoms with Gasteiger partial charge in [0, 0.05) is 5.75 Å². The van der Waals surface area contributed by atoms with Crippen LogP contribution >= 0.6 is 35.0 Å². The fourth-order valence-electron chi connectivity index (χ4n) is 2.12. The predicted octanol–water partition coefficient (Wildman–Crippen LogP) is 4.05. The largest absolute Gasteiger partial charge is 0.497 e. The molecule has 0 atom stereocenters. The van der Waals surface area contributed by atoms with Gasteiger partial charge in [-0.15, -0.1) is 10.2 Å². The summed E-state index contributed by atoms with van der Waals surface area (Å²) >= 11 is 13.4. The molecule has 0 radical (unpaired) electrons. The van der Waals surface area contributed by atoms with Crippen LogP contribution in [0.2, 0.25) is 10.0 Å². The van der Waals surface area contributed by atoms with Crippen molar-refractivity contribution in [2.75, 3.05) is 18.4 Å². The maximum absolute atomic E-state index is 6.02. The molecule has 2 aromatic carbocycles. The van der Waals surface area contributed by atoms with Crippen molar-refractivity contribution < 1.29 is 4.74 Å². The number of ether oxygens (including phenoxy) is 1. The maximum atomic E-state index is 6.02. The summed E-state index contributed by atoms with van der Waals surface area (Å²) in [5, 5.41) is 13.8. The molecule has 0 spiro atoms. The summed E-state index contributed by atoms with van der Waals surface area (Å²) in [6.45, 7) is 0. The van der Waals surface area contributed by atoms with Crippen LogP contribution in [-0.2, 0) is 5.75 Å². The van der Waals surface area contributed by atoms with Crippen LogP contribution < -0.4 is 16.0 Å². The molecule has 7 nitrogen and oxygen atoms in total. The SMILES string of the molecule is COc1cccc(/C=N/Nc2nnc(SCc3ccc(Cl)c(Cl)c3)n2N)c1.